The van der Waals surface area contributed by atoms with E-state index in [1.54, 1.807) is 0 Å². The van der Waals surface area contributed by atoms with Crippen LogP contribution >= 0.6 is 11.6 Å². The summed E-state index contributed by atoms with van der Waals surface area (Å²) in [5, 5.41) is 13.7. The fourth-order valence-corrected chi connectivity index (χ4v) is 2.19. The van der Waals surface area contributed by atoms with Gasteiger partial charge in [0.25, 0.3) is 0 Å². The molecule has 1 atom stereocenters. The molecular weight excluding hydrogens is 278 g/mol. The number of furan rings is 1. The molecule has 0 saturated heterocycles. The van der Waals surface area contributed by atoms with E-state index in [0.29, 0.717) is 18.2 Å². The zero-order chi connectivity index (χ0) is 14.4. The second kappa shape index (κ2) is 7.64. The van der Waals surface area contributed by atoms with Gasteiger partial charge in [-0.1, -0.05) is 11.6 Å². The van der Waals surface area contributed by atoms with Crippen molar-refractivity contribution < 1.29 is 14.3 Å². The number of hydrogen-bond donors (Lipinski definition) is 2. The van der Waals surface area contributed by atoms with E-state index in [-0.39, 0.29) is 12.6 Å². The molecule has 1 aromatic carbocycles. The zero-order valence-corrected chi connectivity index (χ0v) is 12.3. The van der Waals surface area contributed by atoms with Gasteiger partial charge in [-0.15, -0.1) is 0 Å². The highest BCUT2D eigenvalue weighted by molar-refractivity contribution is 6.31. The predicted octanol–water partition coefficient (Wildman–Crippen LogP) is 3.14. The van der Waals surface area contributed by atoms with Crippen LogP contribution in [0.4, 0.5) is 0 Å². The lowest BCUT2D eigenvalue weighted by Gasteiger charge is -2.10. The average molecular weight is 298 g/mol. The normalized spacial score (nSPS) is 12.9. The first-order valence-electron chi connectivity index (χ1n) is 6.81. The van der Waals surface area contributed by atoms with Gasteiger partial charge in [-0.2, -0.15) is 0 Å². The molecule has 0 aliphatic carbocycles. The van der Waals surface area contributed by atoms with E-state index in [2.05, 4.69) is 12.2 Å². The number of hydrogen-bond acceptors (Lipinski definition) is 4. The second-order valence-corrected chi connectivity index (χ2v) is 5.13. The standard InChI is InChI=1S/C15H20ClNO3/c1-11(17-5-2-7-19-8-6-18)15-10-12-9-13(16)3-4-14(12)20-15/h3-4,9-11,17-18H,2,5-8H2,1H3. The largest absolute Gasteiger partial charge is 0.459 e. The Balaban J connectivity index is 1.83. The molecule has 1 unspecified atom stereocenters. The van der Waals surface area contributed by atoms with Crippen molar-refractivity contribution in [2.45, 2.75) is 19.4 Å². The summed E-state index contributed by atoms with van der Waals surface area (Å²) in [7, 11) is 0. The van der Waals surface area contributed by atoms with Gasteiger partial charge in [0, 0.05) is 17.0 Å². The van der Waals surface area contributed by atoms with Crippen LogP contribution in [-0.4, -0.2) is 31.5 Å². The minimum atomic E-state index is 0.0748. The summed E-state index contributed by atoms with van der Waals surface area (Å²) in [6, 6.07) is 7.77. The molecule has 4 nitrogen and oxygen atoms in total. The third kappa shape index (κ3) is 4.21. The molecule has 2 aromatic rings. The fraction of sp³-hybridized carbons (Fsp3) is 0.467. The smallest absolute Gasteiger partial charge is 0.134 e. The van der Waals surface area contributed by atoms with Gasteiger partial charge in [0.15, 0.2) is 0 Å². The van der Waals surface area contributed by atoms with Crippen molar-refractivity contribution in [3.05, 3.63) is 35.0 Å². The monoisotopic (exact) mass is 297 g/mol. The van der Waals surface area contributed by atoms with Gasteiger partial charge in [-0.25, -0.2) is 0 Å². The minimum absolute atomic E-state index is 0.0748. The van der Waals surface area contributed by atoms with Crippen molar-refractivity contribution >= 4 is 22.6 Å². The number of aliphatic hydroxyl groups is 1. The van der Waals surface area contributed by atoms with Crippen LogP contribution in [0.2, 0.25) is 5.02 Å². The summed E-state index contributed by atoms with van der Waals surface area (Å²) < 4.78 is 11.0. The lowest BCUT2D eigenvalue weighted by molar-refractivity contribution is 0.0903. The van der Waals surface area contributed by atoms with Crippen LogP contribution in [0.5, 0.6) is 0 Å². The Morgan fingerprint density at radius 2 is 2.20 bits per heavy atom. The highest BCUT2D eigenvalue weighted by Gasteiger charge is 2.11. The fourth-order valence-electron chi connectivity index (χ4n) is 2.01. The van der Waals surface area contributed by atoms with E-state index in [9.17, 15) is 0 Å². The Morgan fingerprint density at radius 3 is 3.00 bits per heavy atom. The molecule has 0 aliphatic heterocycles. The molecule has 2 rings (SSSR count). The summed E-state index contributed by atoms with van der Waals surface area (Å²) in [5.74, 6) is 0.901. The van der Waals surface area contributed by atoms with Gasteiger partial charge in [0.05, 0.1) is 19.3 Å². The first-order chi connectivity index (χ1) is 9.70. The van der Waals surface area contributed by atoms with E-state index in [4.69, 9.17) is 25.9 Å². The lowest BCUT2D eigenvalue weighted by atomic mass is 10.2. The van der Waals surface area contributed by atoms with Crippen molar-refractivity contribution in [3.8, 4) is 0 Å². The molecular formula is C15H20ClNO3. The minimum Gasteiger partial charge on any atom is -0.459 e. The van der Waals surface area contributed by atoms with Crippen LogP contribution in [-0.2, 0) is 4.74 Å². The van der Waals surface area contributed by atoms with Crippen LogP contribution in [0.25, 0.3) is 11.0 Å². The van der Waals surface area contributed by atoms with Crippen LogP contribution in [0, 0.1) is 0 Å². The van der Waals surface area contributed by atoms with E-state index >= 15 is 0 Å². The second-order valence-electron chi connectivity index (χ2n) is 4.70. The van der Waals surface area contributed by atoms with Gasteiger partial charge >= 0.3 is 0 Å². The SMILES string of the molecule is CC(NCCCOCCO)c1cc2cc(Cl)ccc2o1. The van der Waals surface area contributed by atoms with Gasteiger partial charge in [0.1, 0.15) is 11.3 Å². The molecule has 0 amide bonds. The molecule has 0 aliphatic rings. The molecule has 0 spiro atoms. The molecule has 0 saturated carbocycles. The Kier molecular flexibility index (Phi) is 5.86. The van der Waals surface area contributed by atoms with E-state index < -0.39 is 0 Å². The van der Waals surface area contributed by atoms with Gasteiger partial charge in [-0.05, 0) is 44.2 Å². The van der Waals surface area contributed by atoms with Crippen molar-refractivity contribution in [3.63, 3.8) is 0 Å². The highest BCUT2D eigenvalue weighted by atomic mass is 35.5. The summed E-state index contributed by atoms with van der Waals surface area (Å²) in [6.07, 6.45) is 0.899. The molecule has 1 heterocycles. The number of halogens is 1. The Bertz CT molecular complexity index is 541. The molecule has 5 heteroatoms. The zero-order valence-electron chi connectivity index (χ0n) is 11.6. The summed E-state index contributed by atoms with van der Waals surface area (Å²) in [6.45, 7) is 4.03. The lowest BCUT2D eigenvalue weighted by Crippen LogP contribution is -2.20. The topological polar surface area (TPSA) is 54.6 Å². The summed E-state index contributed by atoms with van der Waals surface area (Å²) in [5.41, 5.74) is 0.851. The predicted molar refractivity (Wildman–Crippen MR) is 80.2 cm³/mol. The van der Waals surface area contributed by atoms with Crippen molar-refractivity contribution in [2.24, 2.45) is 0 Å². The Morgan fingerprint density at radius 1 is 1.35 bits per heavy atom. The number of nitrogens with one attached hydrogen (secondary N) is 1. The number of aliphatic hydroxyl groups excluding tert-OH is 1. The molecule has 2 N–H and O–H groups in total. The first kappa shape index (κ1) is 15.3. The van der Waals surface area contributed by atoms with E-state index in [1.165, 1.54) is 0 Å². The van der Waals surface area contributed by atoms with Crippen molar-refractivity contribution in [1.82, 2.24) is 5.32 Å². The van der Waals surface area contributed by atoms with Crippen LogP contribution < -0.4 is 5.32 Å². The third-order valence-electron chi connectivity index (χ3n) is 3.08. The van der Waals surface area contributed by atoms with E-state index in [1.807, 2.05) is 24.3 Å². The molecule has 0 bridgehead atoms. The molecule has 0 fully saturated rings. The van der Waals surface area contributed by atoms with Gasteiger partial charge in [0.2, 0.25) is 0 Å². The molecule has 110 valence electrons. The number of fused-ring (bicyclic) bond motifs is 1. The van der Waals surface area contributed by atoms with Crippen LogP contribution in [0.15, 0.2) is 28.7 Å². The molecule has 0 radical (unpaired) electrons. The Labute approximate surface area is 123 Å². The average Bonchev–Trinajstić information content (AvgIpc) is 2.85. The third-order valence-corrected chi connectivity index (χ3v) is 3.31. The number of ether oxygens (including phenoxy) is 1. The summed E-state index contributed by atoms with van der Waals surface area (Å²) in [4.78, 5) is 0. The number of benzene rings is 1. The quantitative estimate of drug-likeness (QED) is 0.735. The number of rotatable bonds is 8. The molecule has 1 aromatic heterocycles. The summed E-state index contributed by atoms with van der Waals surface area (Å²) >= 11 is 5.96. The van der Waals surface area contributed by atoms with Crippen molar-refractivity contribution in [1.29, 1.82) is 0 Å². The molecule has 20 heavy (non-hydrogen) atoms. The maximum Gasteiger partial charge on any atom is 0.134 e. The van der Waals surface area contributed by atoms with Crippen LogP contribution in [0.3, 0.4) is 0 Å². The van der Waals surface area contributed by atoms with Gasteiger partial charge < -0.3 is 19.6 Å². The van der Waals surface area contributed by atoms with Crippen molar-refractivity contribution in [2.75, 3.05) is 26.4 Å². The maximum absolute atomic E-state index is 8.59. The maximum atomic E-state index is 8.59. The van der Waals surface area contributed by atoms with Gasteiger partial charge in [-0.3, -0.25) is 0 Å². The first-order valence-corrected chi connectivity index (χ1v) is 7.19. The van der Waals surface area contributed by atoms with Crippen LogP contribution in [0.1, 0.15) is 25.1 Å². The Hall–Kier alpha value is -1.07. The van der Waals surface area contributed by atoms with E-state index in [0.717, 1.165) is 29.7 Å². The highest BCUT2D eigenvalue weighted by Crippen LogP contribution is 2.26.